The van der Waals surface area contributed by atoms with Gasteiger partial charge in [-0.25, -0.2) is 27.2 Å². The fraction of sp³-hybridized carbons (Fsp3) is 0.227. The number of sulfonamides is 1. The Bertz CT molecular complexity index is 1230. The van der Waals surface area contributed by atoms with E-state index in [4.69, 9.17) is 0 Å². The topological polar surface area (TPSA) is 104 Å². The molecule has 1 aliphatic rings. The van der Waals surface area contributed by atoms with Gasteiger partial charge in [-0.3, -0.25) is 9.52 Å². The van der Waals surface area contributed by atoms with Crippen LogP contribution in [0.15, 0.2) is 65.8 Å². The monoisotopic (exact) mass is 473 g/mol. The summed E-state index contributed by atoms with van der Waals surface area (Å²) in [5, 5.41) is 2.84. The van der Waals surface area contributed by atoms with E-state index in [2.05, 4.69) is 20.0 Å². The summed E-state index contributed by atoms with van der Waals surface area (Å²) in [4.78, 5) is 22.7. The lowest BCUT2D eigenvalue weighted by atomic mass is 9.96. The van der Waals surface area contributed by atoms with Gasteiger partial charge in [0, 0.05) is 42.8 Å². The van der Waals surface area contributed by atoms with Gasteiger partial charge in [-0.15, -0.1) is 0 Å². The summed E-state index contributed by atoms with van der Waals surface area (Å²) < 4.78 is 53.5. The van der Waals surface area contributed by atoms with Crippen LogP contribution in [0.25, 0.3) is 0 Å². The first-order chi connectivity index (χ1) is 15.8. The molecule has 3 aromatic rings. The van der Waals surface area contributed by atoms with Gasteiger partial charge >= 0.3 is 0 Å². The molecule has 172 valence electrons. The molecule has 33 heavy (non-hydrogen) atoms. The molecule has 8 nitrogen and oxygen atoms in total. The number of aromatic nitrogens is 2. The third-order valence-corrected chi connectivity index (χ3v) is 6.69. The fourth-order valence-electron chi connectivity index (χ4n) is 3.52. The van der Waals surface area contributed by atoms with Gasteiger partial charge < -0.3 is 10.2 Å². The molecule has 2 N–H and O–H groups in total. The molecule has 1 fully saturated rings. The maximum Gasteiger partial charge on any atom is 0.261 e. The predicted octanol–water partition coefficient (Wildman–Crippen LogP) is 3.41. The minimum absolute atomic E-state index is 0.112. The van der Waals surface area contributed by atoms with Gasteiger partial charge in [-0.1, -0.05) is 0 Å². The van der Waals surface area contributed by atoms with Crippen molar-refractivity contribution >= 4 is 33.3 Å². The van der Waals surface area contributed by atoms with Gasteiger partial charge in [0.1, 0.15) is 0 Å². The predicted molar refractivity (Wildman–Crippen MR) is 119 cm³/mol. The zero-order chi connectivity index (χ0) is 23.4. The number of nitrogens with zero attached hydrogens (tertiary/aromatic N) is 3. The molecule has 1 amide bonds. The third-order valence-electron chi connectivity index (χ3n) is 5.31. The van der Waals surface area contributed by atoms with Crippen molar-refractivity contribution in [1.29, 1.82) is 0 Å². The Morgan fingerprint density at radius 2 is 1.58 bits per heavy atom. The normalized spacial score (nSPS) is 14.7. The van der Waals surface area contributed by atoms with Crippen LogP contribution < -0.4 is 14.9 Å². The van der Waals surface area contributed by atoms with Crippen LogP contribution in [0.5, 0.6) is 0 Å². The van der Waals surface area contributed by atoms with E-state index in [1.165, 1.54) is 12.1 Å². The van der Waals surface area contributed by atoms with E-state index < -0.39 is 26.6 Å². The van der Waals surface area contributed by atoms with E-state index in [1.807, 2.05) is 4.90 Å². The van der Waals surface area contributed by atoms with E-state index in [0.717, 1.165) is 12.1 Å². The lowest BCUT2D eigenvalue weighted by molar-refractivity contribution is -0.120. The average Bonchev–Trinajstić information content (AvgIpc) is 2.82. The Hall–Kier alpha value is -3.60. The van der Waals surface area contributed by atoms with Crippen LogP contribution in [-0.4, -0.2) is 37.4 Å². The van der Waals surface area contributed by atoms with E-state index in [1.54, 1.807) is 30.6 Å². The number of hydrogen-bond donors (Lipinski definition) is 2. The lowest BCUT2D eigenvalue weighted by Crippen LogP contribution is -2.39. The third kappa shape index (κ3) is 5.43. The van der Waals surface area contributed by atoms with Crippen molar-refractivity contribution in [2.24, 2.45) is 5.92 Å². The summed E-state index contributed by atoms with van der Waals surface area (Å²) in [6.07, 6.45) is 4.69. The number of benzene rings is 2. The second-order valence-corrected chi connectivity index (χ2v) is 9.24. The summed E-state index contributed by atoms with van der Waals surface area (Å²) in [6, 6.07) is 10.2. The van der Waals surface area contributed by atoms with Gasteiger partial charge in [0.15, 0.2) is 11.6 Å². The number of amides is 1. The van der Waals surface area contributed by atoms with Gasteiger partial charge in [0.05, 0.1) is 4.90 Å². The molecule has 2 aromatic carbocycles. The number of piperidine rings is 1. The zero-order valence-electron chi connectivity index (χ0n) is 17.4. The molecule has 1 saturated heterocycles. The summed E-state index contributed by atoms with van der Waals surface area (Å²) in [5.74, 6) is -2.00. The van der Waals surface area contributed by atoms with Crippen molar-refractivity contribution in [3.63, 3.8) is 0 Å². The number of halogens is 2. The highest BCUT2D eigenvalue weighted by molar-refractivity contribution is 7.92. The van der Waals surface area contributed by atoms with Gasteiger partial charge in [0.25, 0.3) is 10.0 Å². The van der Waals surface area contributed by atoms with Gasteiger partial charge in [0.2, 0.25) is 11.9 Å². The number of carbonyl (C=O) groups excluding carboxylic acids is 1. The molecule has 0 saturated carbocycles. The van der Waals surface area contributed by atoms with E-state index >= 15 is 0 Å². The number of hydrogen-bond acceptors (Lipinski definition) is 6. The molecule has 1 aromatic heterocycles. The Labute approximate surface area is 189 Å². The Morgan fingerprint density at radius 3 is 2.21 bits per heavy atom. The number of anilines is 3. The zero-order valence-corrected chi connectivity index (χ0v) is 18.2. The smallest absolute Gasteiger partial charge is 0.261 e. The molecular formula is C22H21F2N5O3S. The molecule has 0 spiro atoms. The first-order valence-corrected chi connectivity index (χ1v) is 11.7. The fourth-order valence-corrected chi connectivity index (χ4v) is 4.59. The van der Waals surface area contributed by atoms with Crippen molar-refractivity contribution in [3.8, 4) is 0 Å². The van der Waals surface area contributed by atoms with Crippen molar-refractivity contribution in [2.45, 2.75) is 17.7 Å². The second kappa shape index (κ2) is 9.49. The van der Waals surface area contributed by atoms with Gasteiger partial charge in [-0.2, -0.15) is 0 Å². The molecule has 2 heterocycles. The highest BCUT2D eigenvalue weighted by Gasteiger charge is 2.26. The van der Waals surface area contributed by atoms with Gasteiger partial charge in [-0.05, 0) is 61.4 Å². The number of rotatable bonds is 6. The molecule has 4 rings (SSSR count). The molecule has 11 heteroatoms. The Kier molecular flexibility index (Phi) is 6.50. The highest BCUT2D eigenvalue weighted by Crippen LogP contribution is 2.23. The van der Waals surface area contributed by atoms with Crippen LogP contribution >= 0.6 is 0 Å². The van der Waals surface area contributed by atoms with Crippen molar-refractivity contribution in [2.75, 3.05) is 28.0 Å². The Balaban J connectivity index is 1.33. The van der Waals surface area contributed by atoms with Crippen LogP contribution in [0.4, 0.5) is 26.1 Å². The quantitative estimate of drug-likeness (QED) is 0.569. The van der Waals surface area contributed by atoms with Crippen molar-refractivity contribution in [3.05, 3.63) is 72.6 Å². The standard InChI is InChI=1S/C22H21F2N5O3S/c23-19-7-6-18(14-20(19)24)33(31,32)28-17-4-2-16(3-5-17)27-21(30)15-8-12-29(13-9-15)22-25-10-1-11-26-22/h1-7,10-11,14-15,28H,8-9,12-13H2,(H,27,30). The molecule has 1 aliphatic heterocycles. The number of nitrogens with one attached hydrogen (secondary N) is 2. The summed E-state index contributed by atoms with van der Waals surface area (Å²) in [5.41, 5.74) is 0.735. The van der Waals surface area contributed by atoms with Crippen molar-refractivity contribution in [1.82, 2.24) is 9.97 Å². The first kappa shape index (κ1) is 22.6. The minimum Gasteiger partial charge on any atom is -0.341 e. The molecule has 0 aliphatic carbocycles. The first-order valence-electron chi connectivity index (χ1n) is 10.2. The largest absolute Gasteiger partial charge is 0.341 e. The van der Waals surface area contributed by atoms with Crippen LogP contribution in [0.2, 0.25) is 0 Å². The Morgan fingerprint density at radius 1 is 0.939 bits per heavy atom. The van der Waals surface area contributed by atoms with Crippen LogP contribution in [0.1, 0.15) is 12.8 Å². The second-order valence-electron chi connectivity index (χ2n) is 7.56. The maximum atomic E-state index is 13.4. The summed E-state index contributed by atoms with van der Waals surface area (Å²) in [7, 11) is -4.09. The van der Waals surface area contributed by atoms with Crippen LogP contribution in [0, 0.1) is 17.6 Å². The minimum atomic E-state index is -4.09. The molecule has 0 atom stereocenters. The van der Waals surface area contributed by atoms with E-state index in [0.29, 0.717) is 43.6 Å². The van der Waals surface area contributed by atoms with E-state index in [-0.39, 0.29) is 17.5 Å². The maximum absolute atomic E-state index is 13.4. The number of carbonyl (C=O) groups is 1. The lowest BCUT2D eigenvalue weighted by Gasteiger charge is -2.31. The highest BCUT2D eigenvalue weighted by atomic mass is 32.2. The van der Waals surface area contributed by atoms with Crippen molar-refractivity contribution < 1.29 is 22.0 Å². The summed E-state index contributed by atoms with van der Waals surface area (Å²) in [6.45, 7) is 1.35. The van der Waals surface area contributed by atoms with Crippen LogP contribution in [0.3, 0.4) is 0 Å². The molecule has 0 bridgehead atoms. The average molecular weight is 474 g/mol. The molecular weight excluding hydrogens is 452 g/mol. The van der Waals surface area contributed by atoms with E-state index in [9.17, 15) is 22.0 Å². The summed E-state index contributed by atoms with van der Waals surface area (Å²) >= 11 is 0. The SMILES string of the molecule is O=C(Nc1ccc(NS(=O)(=O)c2ccc(F)c(F)c2)cc1)C1CCN(c2ncccn2)CC1. The molecule has 0 unspecified atom stereocenters. The molecule has 0 radical (unpaired) electrons. The van der Waals surface area contributed by atoms with Crippen LogP contribution in [-0.2, 0) is 14.8 Å².